The van der Waals surface area contributed by atoms with Crippen LogP contribution < -0.4 is 26.5 Å². The standard InChI is InChI=1S/C38H38N4O2/c1-21-18-22(2)20-38(19-21)40-28-11-7-9-24-13-15-26(34(42-38)30(24)28)32-35(43)31(36(32)44)25-14-12-23-8-6-10-27-29(23)33(25)41-37(39-27)16-4-3-5-17-37/h6-15,21-22,39-40,42-43H,3-5,16-20H2,1-2H3. The number of nitrogens with one attached hydrogen (secondary N) is 3. The molecule has 4 aromatic carbocycles. The van der Waals surface area contributed by atoms with Gasteiger partial charge >= 0.3 is 0 Å². The first-order chi connectivity index (χ1) is 21.3. The van der Waals surface area contributed by atoms with Gasteiger partial charge in [-0.3, -0.25) is 9.79 Å². The van der Waals surface area contributed by atoms with Crippen LogP contribution in [0, 0.1) is 11.8 Å². The molecule has 2 heterocycles. The van der Waals surface area contributed by atoms with Crippen molar-refractivity contribution in [2.45, 2.75) is 76.5 Å². The molecule has 4 aromatic rings. The number of aliphatic hydroxyl groups excluding tert-OH is 1. The van der Waals surface area contributed by atoms with E-state index in [1.165, 1.54) is 12.8 Å². The third-order valence-electron chi connectivity index (χ3n) is 10.8. The van der Waals surface area contributed by atoms with E-state index in [0.717, 1.165) is 93.3 Å². The molecule has 2 spiro atoms. The van der Waals surface area contributed by atoms with Gasteiger partial charge in [0.2, 0.25) is 5.78 Å². The average Bonchev–Trinajstić information content (AvgIpc) is 2.99. The predicted octanol–water partition coefficient (Wildman–Crippen LogP) is 7.39. The Morgan fingerprint density at radius 3 is 2.18 bits per heavy atom. The monoisotopic (exact) mass is 582 g/mol. The molecule has 3 aliphatic carbocycles. The van der Waals surface area contributed by atoms with Gasteiger partial charge in [-0.2, -0.15) is 0 Å². The molecule has 0 radical (unpaired) electrons. The number of allylic oxidation sites excluding steroid dienone is 2. The maximum absolute atomic E-state index is 14.3. The molecule has 2 unspecified atom stereocenters. The Morgan fingerprint density at radius 1 is 0.773 bits per heavy atom. The fourth-order valence-electron chi connectivity index (χ4n) is 9.23. The van der Waals surface area contributed by atoms with E-state index >= 15 is 0 Å². The molecular weight excluding hydrogens is 544 g/mol. The van der Waals surface area contributed by atoms with E-state index in [1.807, 2.05) is 18.2 Å². The van der Waals surface area contributed by atoms with Crippen LogP contribution in [0.4, 0.5) is 17.1 Å². The fraction of sp³-hybridized carbons (Fsp3) is 0.368. The maximum Gasteiger partial charge on any atom is 0.201 e. The van der Waals surface area contributed by atoms with Gasteiger partial charge in [-0.25, -0.2) is 0 Å². The molecule has 0 bridgehead atoms. The quantitative estimate of drug-likeness (QED) is 0.188. The average molecular weight is 583 g/mol. The van der Waals surface area contributed by atoms with Gasteiger partial charge < -0.3 is 21.1 Å². The zero-order valence-electron chi connectivity index (χ0n) is 25.4. The van der Waals surface area contributed by atoms with Crippen molar-refractivity contribution in [2.24, 2.45) is 16.8 Å². The highest BCUT2D eigenvalue weighted by Crippen LogP contribution is 2.50. The van der Waals surface area contributed by atoms with E-state index in [-0.39, 0.29) is 22.9 Å². The van der Waals surface area contributed by atoms with Gasteiger partial charge in [0.25, 0.3) is 0 Å². The Kier molecular flexibility index (Phi) is 5.40. The van der Waals surface area contributed by atoms with Crippen LogP contribution in [0.15, 0.2) is 71.4 Å². The van der Waals surface area contributed by atoms with Gasteiger partial charge in [0, 0.05) is 32.9 Å². The van der Waals surface area contributed by atoms with E-state index in [9.17, 15) is 9.90 Å². The summed E-state index contributed by atoms with van der Waals surface area (Å²) in [5.74, 6) is 1.10. The minimum absolute atomic E-state index is 0.0716. The third-order valence-corrected chi connectivity index (χ3v) is 10.8. The first-order valence-electron chi connectivity index (χ1n) is 16.4. The maximum atomic E-state index is 14.3. The summed E-state index contributed by atoms with van der Waals surface area (Å²) in [6, 6.07) is 20.8. The van der Waals surface area contributed by atoms with Crippen LogP contribution in [0.2, 0.25) is 0 Å². The van der Waals surface area contributed by atoms with Crippen molar-refractivity contribution in [3.8, 4) is 0 Å². The van der Waals surface area contributed by atoms with Crippen LogP contribution in [-0.4, -0.2) is 22.2 Å². The van der Waals surface area contributed by atoms with Crippen LogP contribution in [-0.2, 0) is 4.79 Å². The highest BCUT2D eigenvalue weighted by Gasteiger charge is 2.44. The van der Waals surface area contributed by atoms with Crippen molar-refractivity contribution in [3.63, 3.8) is 0 Å². The van der Waals surface area contributed by atoms with Crippen LogP contribution >= 0.6 is 0 Å². The molecule has 4 N–H and O–H groups in total. The molecule has 0 amide bonds. The van der Waals surface area contributed by atoms with Crippen LogP contribution in [0.1, 0.15) is 70.8 Å². The second-order valence-electron chi connectivity index (χ2n) is 14.2. The van der Waals surface area contributed by atoms with Gasteiger partial charge in [0.1, 0.15) is 17.1 Å². The lowest BCUT2D eigenvalue weighted by Crippen LogP contribution is -2.53. The SMILES string of the molecule is CC1CC(C)CC2(C1)Nc1cccc3ccc(C4=C(O)C(=c5ccc6cccc7c6c5=NC5(CCCCC5)N7)C4=O)c(c13)N2. The first-order valence-corrected chi connectivity index (χ1v) is 16.4. The Bertz CT molecular complexity index is 2080. The minimum Gasteiger partial charge on any atom is -0.506 e. The number of Topliss-reactive ketones (excluding diaryl/α,β-unsaturated/α-hetero) is 1. The lowest BCUT2D eigenvalue weighted by molar-refractivity contribution is -0.109. The van der Waals surface area contributed by atoms with E-state index in [4.69, 9.17) is 4.99 Å². The van der Waals surface area contributed by atoms with Gasteiger partial charge in [0.05, 0.1) is 22.2 Å². The number of rotatable bonds is 1. The number of ketones is 1. The molecule has 6 nitrogen and oxygen atoms in total. The number of anilines is 3. The molecule has 2 atom stereocenters. The molecule has 0 aromatic heterocycles. The van der Waals surface area contributed by atoms with Crippen LogP contribution in [0.3, 0.4) is 0 Å². The number of nitrogens with zero attached hydrogens (tertiary/aromatic N) is 1. The highest BCUT2D eigenvalue weighted by atomic mass is 16.3. The summed E-state index contributed by atoms with van der Waals surface area (Å²) in [4.78, 5) is 19.6. The molecule has 9 rings (SSSR count). The third kappa shape index (κ3) is 3.66. The summed E-state index contributed by atoms with van der Waals surface area (Å²) in [6.07, 6.45) is 8.62. The molecule has 2 saturated carbocycles. The Morgan fingerprint density at radius 2 is 1.45 bits per heavy atom. The summed E-state index contributed by atoms with van der Waals surface area (Å²) in [5.41, 5.74) is 4.02. The van der Waals surface area contributed by atoms with E-state index in [2.05, 4.69) is 72.3 Å². The number of hydrogen-bond donors (Lipinski definition) is 4. The summed E-state index contributed by atoms with van der Waals surface area (Å²) < 4.78 is 0. The molecule has 0 saturated heterocycles. The van der Waals surface area contributed by atoms with Crippen molar-refractivity contribution in [1.29, 1.82) is 0 Å². The number of hydrogen-bond acceptors (Lipinski definition) is 6. The van der Waals surface area contributed by atoms with E-state index < -0.39 is 0 Å². The lowest BCUT2D eigenvalue weighted by atomic mass is 9.74. The second kappa shape index (κ2) is 9.10. The van der Waals surface area contributed by atoms with Crippen molar-refractivity contribution in [2.75, 3.05) is 16.0 Å². The summed E-state index contributed by atoms with van der Waals surface area (Å²) in [5, 5.41) is 29.2. The smallest absolute Gasteiger partial charge is 0.201 e. The summed E-state index contributed by atoms with van der Waals surface area (Å²) in [7, 11) is 0. The lowest BCUT2D eigenvalue weighted by Gasteiger charge is -2.48. The topological polar surface area (TPSA) is 85.8 Å². The van der Waals surface area contributed by atoms with Crippen molar-refractivity contribution < 1.29 is 9.90 Å². The predicted molar refractivity (Wildman–Crippen MR) is 178 cm³/mol. The van der Waals surface area contributed by atoms with Crippen molar-refractivity contribution in [3.05, 3.63) is 82.6 Å². The van der Waals surface area contributed by atoms with Gasteiger partial charge in [0.15, 0.2) is 0 Å². The molecular formula is C38H38N4O2. The van der Waals surface area contributed by atoms with Crippen LogP contribution in [0.5, 0.6) is 0 Å². The minimum atomic E-state index is -0.358. The number of benzene rings is 4. The summed E-state index contributed by atoms with van der Waals surface area (Å²) in [6.45, 7) is 4.65. The molecule has 2 aliphatic heterocycles. The zero-order valence-corrected chi connectivity index (χ0v) is 25.4. The van der Waals surface area contributed by atoms with Gasteiger partial charge in [-0.15, -0.1) is 0 Å². The normalized spacial score (nSPS) is 27.9. The van der Waals surface area contributed by atoms with E-state index in [1.54, 1.807) is 0 Å². The van der Waals surface area contributed by atoms with Crippen LogP contribution in [0.25, 0.3) is 32.7 Å². The second-order valence-corrected chi connectivity index (χ2v) is 14.2. The van der Waals surface area contributed by atoms with E-state index in [0.29, 0.717) is 23.0 Å². The zero-order chi connectivity index (χ0) is 29.8. The van der Waals surface area contributed by atoms with Crippen molar-refractivity contribution in [1.82, 2.24) is 0 Å². The molecule has 44 heavy (non-hydrogen) atoms. The Hall–Kier alpha value is -4.32. The first kappa shape index (κ1) is 26.1. The fourth-order valence-corrected chi connectivity index (χ4v) is 9.23. The Balaban J connectivity index is 1.26. The van der Waals surface area contributed by atoms with Crippen molar-refractivity contribution >= 4 is 55.5 Å². The largest absolute Gasteiger partial charge is 0.506 e. The molecule has 5 aliphatic rings. The number of carbonyl (C=O) groups is 1. The highest BCUT2D eigenvalue weighted by molar-refractivity contribution is 6.52. The molecule has 6 heteroatoms. The summed E-state index contributed by atoms with van der Waals surface area (Å²) >= 11 is 0. The molecule has 2 fully saturated rings. The van der Waals surface area contributed by atoms with Gasteiger partial charge in [-0.05, 0) is 79.7 Å². The van der Waals surface area contributed by atoms with Gasteiger partial charge in [-0.1, -0.05) is 68.8 Å². The number of carbonyl (C=O) groups excluding carboxylic acids is 1. The Labute approximate surface area is 257 Å². The molecule has 222 valence electrons. The number of aliphatic hydroxyl groups is 1.